The molecule has 0 aromatic heterocycles. The molecule has 0 bridgehead atoms. The molecule has 2 rings (SSSR count). The number of fused-ring (bicyclic) bond motifs is 1. The third kappa shape index (κ3) is 2.45. The summed E-state index contributed by atoms with van der Waals surface area (Å²) in [5.41, 5.74) is 0. The molecule has 0 radical (unpaired) electrons. The van der Waals surface area contributed by atoms with Crippen LogP contribution in [0.25, 0.3) is 0 Å². The van der Waals surface area contributed by atoms with Gasteiger partial charge in [0.05, 0.1) is 6.10 Å². The van der Waals surface area contributed by atoms with Gasteiger partial charge < -0.3 is 5.11 Å². The monoisotopic (exact) mass is 224 g/mol. The van der Waals surface area contributed by atoms with Crippen molar-refractivity contribution in [2.75, 3.05) is 0 Å². The maximum Gasteiger partial charge on any atom is 0.0571 e. The summed E-state index contributed by atoms with van der Waals surface area (Å²) in [5, 5.41) is 10.1. The van der Waals surface area contributed by atoms with Gasteiger partial charge in [-0.2, -0.15) is 0 Å². The first kappa shape index (κ1) is 12.4. The van der Waals surface area contributed by atoms with Crippen molar-refractivity contribution in [2.24, 2.45) is 23.7 Å². The van der Waals surface area contributed by atoms with Crippen molar-refractivity contribution in [3.8, 4) is 0 Å². The lowest BCUT2D eigenvalue weighted by Crippen LogP contribution is -2.42. The fraction of sp³-hybridized carbons (Fsp3) is 1.00. The average Bonchev–Trinajstić information content (AvgIpc) is 2.28. The molecule has 2 aliphatic carbocycles. The molecule has 0 aromatic carbocycles. The van der Waals surface area contributed by atoms with Crippen LogP contribution in [0.5, 0.6) is 0 Å². The van der Waals surface area contributed by atoms with Gasteiger partial charge in [-0.3, -0.25) is 0 Å². The maximum atomic E-state index is 10.1. The molecular weight excluding hydrogens is 196 g/mol. The Hall–Kier alpha value is -0.0400. The van der Waals surface area contributed by atoms with Crippen LogP contribution in [0.3, 0.4) is 0 Å². The number of aliphatic hydroxyl groups is 1. The van der Waals surface area contributed by atoms with Crippen LogP contribution in [0.2, 0.25) is 0 Å². The second-order valence-corrected chi connectivity index (χ2v) is 6.19. The Bertz CT molecular complexity index is 213. The molecule has 0 spiro atoms. The van der Waals surface area contributed by atoms with E-state index in [2.05, 4.69) is 13.8 Å². The molecule has 1 heteroatoms. The molecule has 5 unspecified atom stereocenters. The van der Waals surface area contributed by atoms with Crippen LogP contribution in [-0.4, -0.2) is 11.2 Å². The number of unbranched alkanes of at least 4 members (excludes halogenated alkanes) is 1. The molecule has 0 aliphatic heterocycles. The quantitative estimate of drug-likeness (QED) is 0.768. The summed E-state index contributed by atoms with van der Waals surface area (Å²) < 4.78 is 0. The second-order valence-electron chi connectivity index (χ2n) is 6.19. The van der Waals surface area contributed by atoms with E-state index in [-0.39, 0.29) is 6.10 Å². The number of rotatable bonds is 3. The fourth-order valence-corrected chi connectivity index (χ4v) is 4.24. The summed E-state index contributed by atoms with van der Waals surface area (Å²) >= 11 is 0. The lowest BCUT2D eigenvalue weighted by molar-refractivity contribution is -0.0355. The number of hydrogen-bond donors (Lipinski definition) is 1. The molecule has 2 aliphatic rings. The smallest absolute Gasteiger partial charge is 0.0571 e. The summed E-state index contributed by atoms with van der Waals surface area (Å²) in [6, 6.07) is 0. The molecule has 94 valence electrons. The minimum absolute atomic E-state index is 0.0235. The van der Waals surface area contributed by atoms with E-state index in [1.165, 1.54) is 44.9 Å². The predicted octanol–water partition coefficient (Wildman–Crippen LogP) is 4.00. The van der Waals surface area contributed by atoms with E-state index >= 15 is 0 Å². The Balaban J connectivity index is 2.01. The normalized spacial score (nSPS) is 44.1. The van der Waals surface area contributed by atoms with Crippen LogP contribution in [0.1, 0.15) is 65.2 Å². The first-order valence-corrected chi connectivity index (χ1v) is 7.42. The van der Waals surface area contributed by atoms with E-state index in [0.29, 0.717) is 5.92 Å². The maximum absolute atomic E-state index is 10.1. The zero-order valence-electron chi connectivity index (χ0n) is 11.0. The highest BCUT2D eigenvalue weighted by Crippen LogP contribution is 2.47. The van der Waals surface area contributed by atoms with Crippen molar-refractivity contribution in [3.63, 3.8) is 0 Å². The molecule has 1 nitrogen and oxygen atoms in total. The highest BCUT2D eigenvalue weighted by molar-refractivity contribution is 4.91. The van der Waals surface area contributed by atoms with Gasteiger partial charge >= 0.3 is 0 Å². The zero-order valence-corrected chi connectivity index (χ0v) is 11.0. The Labute approximate surface area is 101 Å². The van der Waals surface area contributed by atoms with E-state index in [9.17, 15) is 5.11 Å². The largest absolute Gasteiger partial charge is 0.393 e. The molecular formula is C15H28O. The summed E-state index contributed by atoms with van der Waals surface area (Å²) in [7, 11) is 0. The molecule has 1 N–H and O–H groups in total. The lowest BCUT2D eigenvalue weighted by Gasteiger charge is -2.47. The van der Waals surface area contributed by atoms with Gasteiger partial charge in [-0.15, -0.1) is 0 Å². The molecule has 0 amide bonds. The summed E-state index contributed by atoms with van der Waals surface area (Å²) in [6.07, 6.45) is 10.5. The van der Waals surface area contributed by atoms with Gasteiger partial charge in [0.15, 0.2) is 0 Å². The average molecular weight is 224 g/mol. The van der Waals surface area contributed by atoms with Crippen molar-refractivity contribution in [1.29, 1.82) is 0 Å². The van der Waals surface area contributed by atoms with Crippen LogP contribution in [0, 0.1) is 23.7 Å². The van der Waals surface area contributed by atoms with Gasteiger partial charge in [0, 0.05) is 0 Å². The Morgan fingerprint density at radius 1 is 1.06 bits per heavy atom. The fourth-order valence-electron chi connectivity index (χ4n) is 4.24. The van der Waals surface area contributed by atoms with E-state index in [1.54, 1.807) is 0 Å². The summed E-state index contributed by atoms with van der Waals surface area (Å²) in [4.78, 5) is 0. The molecule has 0 saturated heterocycles. The van der Waals surface area contributed by atoms with Crippen molar-refractivity contribution in [3.05, 3.63) is 0 Å². The minimum Gasteiger partial charge on any atom is -0.393 e. The molecule has 0 heterocycles. The third-order valence-corrected chi connectivity index (χ3v) is 5.21. The van der Waals surface area contributed by atoms with Gasteiger partial charge in [0.25, 0.3) is 0 Å². The Morgan fingerprint density at radius 2 is 1.88 bits per heavy atom. The zero-order chi connectivity index (χ0) is 11.5. The summed E-state index contributed by atoms with van der Waals surface area (Å²) in [6.45, 7) is 4.73. The van der Waals surface area contributed by atoms with E-state index in [1.807, 2.05) is 0 Å². The molecule has 2 saturated carbocycles. The van der Waals surface area contributed by atoms with E-state index < -0.39 is 0 Å². The van der Waals surface area contributed by atoms with Gasteiger partial charge in [-0.25, -0.2) is 0 Å². The Kier molecular flexibility index (Phi) is 4.29. The van der Waals surface area contributed by atoms with Crippen LogP contribution in [0.15, 0.2) is 0 Å². The minimum atomic E-state index is 0.0235. The highest BCUT2D eigenvalue weighted by Gasteiger charge is 2.41. The molecule has 0 aromatic rings. The van der Waals surface area contributed by atoms with Crippen LogP contribution in [-0.2, 0) is 0 Å². The second kappa shape index (κ2) is 5.53. The topological polar surface area (TPSA) is 20.2 Å². The first-order chi connectivity index (χ1) is 7.74. The first-order valence-electron chi connectivity index (χ1n) is 7.42. The molecule has 2 fully saturated rings. The lowest BCUT2D eigenvalue weighted by atomic mass is 9.60. The number of aliphatic hydroxyl groups excluding tert-OH is 1. The van der Waals surface area contributed by atoms with Crippen molar-refractivity contribution in [2.45, 2.75) is 71.3 Å². The van der Waals surface area contributed by atoms with Gasteiger partial charge in [-0.05, 0) is 49.4 Å². The number of hydrogen-bond acceptors (Lipinski definition) is 1. The van der Waals surface area contributed by atoms with E-state index in [0.717, 1.165) is 24.2 Å². The van der Waals surface area contributed by atoms with Crippen molar-refractivity contribution < 1.29 is 5.11 Å². The SMILES string of the molecule is CCCCC1C(C)CCC2C(O)CCCC12. The molecule has 5 atom stereocenters. The Morgan fingerprint density at radius 3 is 2.62 bits per heavy atom. The van der Waals surface area contributed by atoms with Crippen molar-refractivity contribution >= 4 is 0 Å². The molecule has 16 heavy (non-hydrogen) atoms. The van der Waals surface area contributed by atoms with E-state index in [4.69, 9.17) is 0 Å². The van der Waals surface area contributed by atoms with Gasteiger partial charge in [-0.1, -0.05) is 39.5 Å². The van der Waals surface area contributed by atoms with Crippen LogP contribution in [0.4, 0.5) is 0 Å². The standard InChI is InChI=1S/C15H28O/c1-3-4-6-12-11(2)9-10-14-13(12)7-5-8-15(14)16/h11-16H,3-10H2,1-2H3. The third-order valence-electron chi connectivity index (χ3n) is 5.21. The van der Waals surface area contributed by atoms with Crippen LogP contribution < -0.4 is 0 Å². The highest BCUT2D eigenvalue weighted by atomic mass is 16.3. The van der Waals surface area contributed by atoms with Gasteiger partial charge in [0.1, 0.15) is 0 Å². The van der Waals surface area contributed by atoms with Crippen LogP contribution >= 0.6 is 0 Å². The predicted molar refractivity (Wildman–Crippen MR) is 68.3 cm³/mol. The summed E-state index contributed by atoms with van der Waals surface area (Å²) in [5.74, 6) is 3.30. The van der Waals surface area contributed by atoms with Crippen molar-refractivity contribution in [1.82, 2.24) is 0 Å². The van der Waals surface area contributed by atoms with Gasteiger partial charge in [0.2, 0.25) is 0 Å².